The third kappa shape index (κ3) is 2.98. The largest absolute Gasteiger partial charge is 0.363 e. The van der Waals surface area contributed by atoms with Crippen LogP contribution in [-0.2, 0) is 0 Å². The van der Waals surface area contributed by atoms with E-state index in [2.05, 4.69) is 34.7 Å². The number of rotatable bonds is 3. The monoisotopic (exact) mass is 268 g/mol. The summed E-state index contributed by atoms with van der Waals surface area (Å²) >= 11 is 1.29. The fourth-order valence-corrected chi connectivity index (χ4v) is 3.13. The summed E-state index contributed by atoms with van der Waals surface area (Å²) in [6.07, 6.45) is 3.43. The highest BCUT2D eigenvalue weighted by molar-refractivity contribution is 7.17. The molecule has 0 aromatic carbocycles. The van der Waals surface area contributed by atoms with Crippen molar-refractivity contribution in [3.63, 3.8) is 0 Å². The van der Waals surface area contributed by atoms with Crippen molar-refractivity contribution >= 4 is 22.4 Å². The molecule has 1 heterocycles. The lowest BCUT2D eigenvalue weighted by Crippen LogP contribution is -2.42. The van der Waals surface area contributed by atoms with Gasteiger partial charge in [-0.25, -0.2) is 0 Å². The van der Waals surface area contributed by atoms with Gasteiger partial charge in [0.25, 0.3) is 5.91 Å². The number of aromatic nitrogens is 2. The Hall–Kier alpha value is -1.17. The summed E-state index contributed by atoms with van der Waals surface area (Å²) in [5.41, 5.74) is 0. The van der Waals surface area contributed by atoms with E-state index in [0.717, 1.165) is 12.3 Å². The minimum Gasteiger partial charge on any atom is -0.363 e. The highest BCUT2D eigenvalue weighted by Crippen LogP contribution is 2.28. The van der Waals surface area contributed by atoms with E-state index in [-0.39, 0.29) is 11.9 Å². The van der Waals surface area contributed by atoms with Crippen LogP contribution in [0.3, 0.4) is 0 Å². The summed E-state index contributed by atoms with van der Waals surface area (Å²) in [7, 11) is 1.77. The quantitative estimate of drug-likeness (QED) is 0.881. The Morgan fingerprint density at radius 1 is 1.33 bits per heavy atom. The smallest absolute Gasteiger partial charge is 0.282 e. The molecular formula is C12H20N4OS. The molecule has 1 fully saturated rings. The standard InChI is InChI=1S/C12H20N4OS/c1-7-4-5-9(8(2)6-7)14-10(17)11-15-16-12(13-3)18-11/h7-9H,4-6H2,1-3H3,(H,13,16)(H,14,17). The van der Waals surface area contributed by atoms with Crippen LogP contribution >= 0.6 is 11.3 Å². The van der Waals surface area contributed by atoms with Crippen LogP contribution in [0.4, 0.5) is 5.13 Å². The van der Waals surface area contributed by atoms with Crippen molar-refractivity contribution in [1.82, 2.24) is 15.5 Å². The maximum Gasteiger partial charge on any atom is 0.282 e. The van der Waals surface area contributed by atoms with Gasteiger partial charge in [0.1, 0.15) is 0 Å². The molecular weight excluding hydrogens is 248 g/mol. The number of hydrogen-bond donors (Lipinski definition) is 2. The second kappa shape index (κ2) is 5.65. The van der Waals surface area contributed by atoms with Crippen LogP contribution in [0.2, 0.25) is 0 Å². The third-order valence-electron chi connectivity index (χ3n) is 3.58. The minimum atomic E-state index is -0.0968. The van der Waals surface area contributed by atoms with E-state index < -0.39 is 0 Å². The lowest BCUT2D eigenvalue weighted by molar-refractivity contribution is 0.0898. The summed E-state index contributed by atoms with van der Waals surface area (Å²) in [5.74, 6) is 1.21. The van der Waals surface area contributed by atoms with Crippen LogP contribution < -0.4 is 10.6 Å². The average molecular weight is 268 g/mol. The predicted molar refractivity (Wildman–Crippen MR) is 72.9 cm³/mol. The number of nitrogens with one attached hydrogen (secondary N) is 2. The van der Waals surface area contributed by atoms with Crippen molar-refractivity contribution in [3.05, 3.63) is 5.01 Å². The molecule has 1 aliphatic carbocycles. The van der Waals surface area contributed by atoms with E-state index in [1.807, 2.05) is 0 Å². The zero-order valence-electron chi connectivity index (χ0n) is 11.1. The van der Waals surface area contributed by atoms with Crippen molar-refractivity contribution in [2.24, 2.45) is 11.8 Å². The van der Waals surface area contributed by atoms with Crippen LogP contribution in [-0.4, -0.2) is 29.2 Å². The molecule has 1 aliphatic rings. The van der Waals surface area contributed by atoms with Crippen LogP contribution in [0.1, 0.15) is 42.9 Å². The van der Waals surface area contributed by atoms with Gasteiger partial charge in [0.15, 0.2) is 0 Å². The first-order valence-electron chi connectivity index (χ1n) is 6.42. The first-order valence-corrected chi connectivity index (χ1v) is 7.24. The van der Waals surface area contributed by atoms with Crippen molar-refractivity contribution in [2.75, 3.05) is 12.4 Å². The molecule has 2 rings (SSSR count). The SMILES string of the molecule is CNc1nnc(C(=O)NC2CCC(C)CC2C)s1. The van der Waals surface area contributed by atoms with Gasteiger partial charge >= 0.3 is 0 Å². The maximum absolute atomic E-state index is 12.0. The summed E-state index contributed by atoms with van der Waals surface area (Å²) in [5, 5.41) is 14.8. The average Bonchev–Trinajstić information content (AvgIpc) is 2.81. The van der Waals surface area contributed by atoms with Crippen LogP contribution in [0.25, 0.3) is 0 Å². The molecule has 3 unspecified atom stereocenters. The fraction of sp³-hybridized carbons (Fsp3) is 0.750. The number of anilines is 1. The van der Waals surface area contributed by atoms with Gasteiger partial charge in [-0.05, 0) is 31.1 Å². The number of nitrogens with zero attached hydrogens (tertiary/aromatic N) is 2. The molecule has 2 N–H and O–H groups in total. The topological polar surface area (TPSA) is 66.9 Å². The van der Waals surface area contributed by atoms with Gasteiger partial charge in [0.2, 0.25) is 10.1 Å². The van der Waals surface area contributed by atoms with Gasteiger partial charge < -0.3 is 10.6 Å². The first-order chi connectivity index (χ1) is 8.60. The second-order valence-corrected chi connectivity index (χ2v) is 6.12. The Bertz CT molecular complexity index is 420. The third-order valence-corrected chi connectivity index (χ3v) is 4.52. The molecule has 18 heavy (non-hydrogen) atoms. The molecule has 100 valence electrons. The minimum absolute atomic E-state index is 0.0968. The zero-order valence-corrected chi connectivity index (χ0v) is 11.9. The van der Waals surface area contributed by atoms with Crippen molar-refractivity contribution in [2.45, 2.75) is 39.2 Å². The van der Waals surface area contributed by atoms with Gasteiger partial charge in [0, 0.05) is 13.1 Å². The molecule has 0 radical (unpaired) electrons. The zero-order chi connectivity index (χ0) is 13.1. The van der Waals surface area contributed by atoms with E-state index in [9.17, 15) is 4.79 Å². The van der Waals surface area contributed by atoms with Gasteiger partial charge in [-0.3, -0.25) is 4.79 Å². The molecule has 1 aromatic rings. The number of carbonyl (C=O) groups is 1. The Kier molecular flexibility index (Phi) is 4.16. The Labute approximate surface area is 111 Å². The Morgan fingerprint density at radius 2 is 2.11 bits per heavy atom. The Balaban J connectivity index is 1.94. The van der Waals surface area contributed by atoms with Crippen molar-refractivity contribution in [1.29, 1.82) is 0 Å². The van der Waals surface area contributed by atoms with E-state index in [1.54, 1.807) is 7.05 Å². The van der Waals surface area contributed by atoms with E-state index in [0.29, 0.717) is 16.1 Å². The van der Waals surface area contributed by atoms with Crippen LogP contribution in [0, 0.1) is 11.8 Å². The highest BCUT2D eigenvalue weighted by atomic mass is 32.1. The molecule has 1 amide bonds. The van der Waals surface area contributed by atoms with Crippen molar-refractivity contribution < 1.29 is 4.79 Å². The molecule has 6 heteroatoms. The maximum atomic E-state index is 12.0. The summed E-state index contributed by atoms with van der Waals surface area (Å²) in [6, 6.07) is 0.274. The molecule has 0 bridgehead atoms. The molecule has 0 aliphatic heterocycles. The van der Waals surface area contributed by atoms with Gasteiger partial charge in [0.05, 0.1) is 0 Å². The Morgan fingerprint density at radius 3 is 2.72 bits per heavy atom. The fourth-order valence-electron chi connectivity index (χ4n) is 2.53. The summed E-state index contributed by atoms with van der Waals surface area (Å²) < 4.78 is 0. The molecule has 5 nitrogen and oxygen atoms in total. The highest BCUT2D eigenvalue weighted by Gasteiger charge is 2.27. The molecule has 3 atom stereocenters. The first kappa shape index (κ1) is 13.3. The normalized spacial score (nSPS) is 27.8. The molecule has 0 saturated heterocycles. The van der Waals surface area contributed by atoms with Crippen molar-refractivity contribution in [3.8, 4) is 0 Å². The summed E-state index contributed by atoms with van der Waals surface area (Å²) in [4.78, 5) is 12.0. The van der Waals surface area contributed by atoms with E-state index in [4.69, 9.17) is 0 Å². The molecule has 1 saturated carbocycles. The predicted octanol–water partition coefficient (Wildman–Crippen LogP) is 2.13. The van der Waals surface area contributed by atoms with Gasteiger partial charge in [-0.15, -0.1) is 10.2 Å². The molecule has 0 spiro atoms. The van der Waals surface area contributed by atoms with Crippen LogP contribution in [0.5, 0.6) is 0 Å². The number of hydrogen-bond acceptors (Lipinski definition) is 5. The summed E-state index contributed by atoms with van der Waals surface area (Å²) in [6.45, 7) is 4.48. The van der Waals surface area contributed by atoms with Gasteiger partial charge in [-0.1, -0.05) is 25.2 Å². The number of amides is 1. The van der Waals surface area contributed by atoms with E-state index >= 15 is 0 Å². The number of carbonyl (C=O) groups excluding carboxylic acids is 1. The lowest BCUT2D eigenvalue weighted by Gasteiger charge is -2.32. The van der Waals surface area contributed by atoms with E-state index in [1.165, 1.54) is 24.2 Å². The lowest BCUT2D eigenvalue weighted by atomic mass is 9.80. The van der Waals surface area contributed by atoms with Crippen LogP contribution in [0.15, 0.2) is 0 Å². The molecule has 1 aromatic heterocycles. The second-order valence-electron chi connectivity index (χ2n) is 5.14. The van der Waals surface area contributed by atoms with Gasteiger partial charge in [-0.2, -0.15) is 0 Å².